The molecule has 0 aliphatic heterocycles. The second kappa shape index (κ2) is 4.23. The molecule has 0 atom stereocenters. The second-order valence-electron chi connectivity index (χ2n) is 2.00. The summed E-state index contributed by atoms with van der Waals surface area (Å²) in [4.78, 5) is 0. The first-order valence-electron chi connectivity index (χ1n) is 3.10. The molecule has 1 N–H and O–H groups in total. The molecular weight excluding hydrogens is 251 g/mol. The smallest absolute Gasteiger partial charge is 0.0567 e. The van der Waals surface area contributed by atoms with Gasteiger partial charge in [0, 0.05) is 5.22 Å². The maximum absolute atomic E-state index is 6.66. The zero-order valence-corrected chi connectivity index (χ0v) is 7.95. The Balaban J connectivity index is 3.48. The maximum Gasteiger partial charge on any atom is 0.0567 e. The lowest BCUT2D eigenvalue weighted by molar-refractivity contribution is 1.18. The zero-order chi connectivity index (χ0) is 8.10. The number of hydrogen-bond acceptors (Lipinski definition) is 2. The van der Waals surface area contributed by atoms with E-state index in [0.29, 0.717) is 0 Å². The quantitative estimate of drug-likeness (QED) is 0.587. The first kappa shape index (κ1) is 8.39. The Morgan fingerprint density at radius 2 is 1.91 bits per heavy atom. The molecule has 0 aromatic heterocycles. The number of rotatable bonds is 1. The summed E-state index contributed by atoms with van der Waals surface area (Å²) in [7, 11) is 0. The van der Waals surface area contributed by atoms with E-state index < -0.39 is 0 Å². The lowest BCUT2D eigenvalue weighted by atomic mass is 10.3. The predicted octanol–water partition coefficient (Wildman–Crippen LogP) is 1.63. The standard InChI is InChI=1S/C8H7IN2/c9-5-7-3-1-2-4-8(7)6-11-10/h1-6,10H/b7-5-,8-6-,11-10?. The first-order valence-corrected chi connectivity index (χ1v) is 4.35. The molecule has 3 heteroatoms. The van der Waals surface area contributed by atoms with E-state index in [-0.39, 0.29) is 0 Å². The van der Waals surface area contributed by atoms with Crippen LogP contribution in [0.2, 0.25) is 0 Å². The van der Waals surface area contributed by atoms with Gasteiger partial charge in [-0.3, -0.25) is 0 Å². The number of nitrogens with zero attached hydrogens (tertiary/aromatic N) is 1. The minimum atomic E-state index is 0.983. The summed E-state index contributed by atoms with van der Waals surface area (Å²) < 4.78 is 1.97. The third-order valence-corrected chi connectivity index (χ3v) is 1.99. The third kappa shape index (κ3) is 2.11. The van der Waals surface area contributed by atoms with Gasteiger partial charge in [0.25, 0.3) is 0 Å². The van der Waals surface area contributed by atoms with E-state index in [4.69, 9.17) is 5.53 Å². The molecule has 1 rings (SSSR count). The highest BCUT2D eigenvalue weighted by Crippen LogP contribution is 1.79. The molecule has 0 amide bonds. The van der Waals surface area contributed by atoms with Gasteiger partial charge in [0.15, 0.2) is 0 Å². The van der Waals surface area contributed by atoms with Crippen molar-refractivity contribution < 1.29 is 0 Å². The molecule has 0 fully saturated rings. The van der Waals surface area contributed by atoms with Gasteiger partial charge in [-0.25, -0.2) is 5.53 Å². The van der Waals surface area contributed by atoms with E-state index in [0.717, 1.165) is 10.4 Å². The highest BCUT2D eigenvalue weighted by atomic mass is 127. The van der Waals surface area contributed by atoms with Crippen molar-refractivity contribution in [2.75, 3.05) is 0 Å². The van der Waals surface area contributed by atoms with Gasteiger partial charge >= 0.3 is 0 Å². The van der Waals surface area contributed by atoms with Crippen LogP contribution < -0.4 is 10.4 Å². The molecule has 0 unspecified atom stereocenters. The molecule has 0 aliphatic carbocycles. The van der Waals surface area contributed by atoms with E-state index in [1.165, 1.54) is 6.20 Å². The highest BCUT2D eigenvalue weighted by Gasteiger charge is 1.79. The monoisotopic (exact) mass is 258 g/mol. The van der Waals surface area contributed by atoms with Crippen molar-refractivity contribution in [1.29, 1.82) is 5.53 Å². The molecule has 2 nitrogen and oxygen atoms in total. The number of benzene rings is 1. The van der Waals surface area contributed by atoms with Crippen molar-refractivity contribution in [2.24, 2.45) is 5.11 Å². The molecule has 0 saturated heterocycles. The largest absolute Gasteiger partial charge is 0.205 e. The summed E-state index contributed by atoms with van der Waals surface area (Å²) in [5.41, 5.74) is 6.66. The van der Waals surface area contributed by atoms with Crippen LogP contribution in [0.15, 0.2) is 29.4 Å². The molecule has 0 aliphatic rings. The van der Waals surface area contributed by atoms with Crippen LogP contribution in [0.25, 0.3) is 10.3 Å². The molecule has 0 spiro atoms. The number of halogens is 1. The van der Waals surface area contributed by atoms with E-state index in [9.17, 15) is 0 Å². The minimum absolute atomic E-state index is 0.983. The Morgan fingerprint density at radius 1 is 1.27 bits per heavy atom. The van der Waals surface area contributed by atoms with Crippen LogP contribution in [0.1, 0.15) is 0 Å². The molecule has 1 aromatic rings. The van der Waals surface area contributed by atoms with Crippen molar-refractivity contribution in [1.82, 2.24) is 0 Å². The number of hydrogen-bond donors (Lipinski definition) is 1. The first-order chi connectivity index (χ1) is 5.38. The summed E-state index contributed by atoms with van der Waals surface area (Å²) in [5, 5.41) is 5.30. The number of nitrogens with one attached hydrogen (secondary N) is 1. The lowest BCUT2D eigenvalue weighted by Crippen LogP contribution is -2.22. The summed E-state index contributed by atoms with van der Waals surface area (Å²) in [6.07, 6.45) is 1.53. The van der Waals surface area contributed by atoms with Crippen LogP contribution in [0.3, 0.4) is 0 Å². The highest BCUT2D eigenvalue weighted by molar-refractivity contribution is 14.1. The van der Waals surface area contributed by atoms with Gasteiger partial charge in [-0.2, -0.15) is 5.11 Å². The zero-order valence-electron chi connectivity index (χ0n) is 5.79. The summed E-state index contributed by atoms with van der Waals surface area (Å²) >= 11 is 2.17. The summed E-state index contributed by atoms with van der Waals surface area (Å²) in [6.45, 7) is 0. The molecule has 11 heavy (non-hydrogen) atoms. The fourth-order valence-corrected chi connectivity index (χ4v) is 1.36. The predicted molar refractivity (Wildman–Crippen MR) is 53.8 cm³/mol. The topological polar surface area (TPSA) is 36.2 Å². The molecular formula is C8H7IN2. The molecule has 56 valence electrons. The van der Waals surface area contributed by atoms with Crippen LogP contribution in [0.4, 0.5) is 0 Å². The van der Waals surface area contributed by atoms with Gasteiger partial charge < -0.3 is 0 Å². The average molecular weight is 258 g/mol. The SMILES string of the molecule is N=N/C=c1/cccc/c1=C/I. The molecule has 1 aromatic carbocycles. The fourth-order valence-electron chi connectivity index (χ4n) is 0.797. The van der Waals surface area contributed by atoms with Gasteiger partial charge in [0.1, 0.15) is 0 Å². The molecule has 0 radical (unpaired) electrons. The van der Waals surface area contributed by atoms with Gasteiger partial charge in [0.05, 0.1) is 6.20 Å². The maximum atomic E-state index is 6.66. The van der Waals surface area contributed by atoms with E-state index >= 15 is 0 Å². The van der Waals surface area contributed by atoms with Crippen LogP contribution in [-0.2, 0) is 0 Å². The van der Waals surface area contributed by atoms with E-state index in [2.05, 4.69) is 27.7 Å². The summed E-state index contributed by atoms with van der Waals surface area (Å²) in [6, 6.07) is 7.82. The Morgan fingerprint density at radius 3 is 2.45 bits per heavy atom. The minimum Gasteiger partial charge on any atom is -0.205 e. The van der Waals surface area contributed by atoms with E-state index in [1.54, 1.807) is 0 Å². The van der Waals surface area contributed by atoms with Gasteiger partial charge in [-0.1, -0.05) is 46.9 Å². The lowest BCUT2D eigenvalue weighted by Gasteiger charge is -1.84. The van der Waals surface area contributed by atoms with Crippen molar-refractivity contribution >= 4 is 32.9 Å². The van der Waals surface area contributed by atoms with Gasteiger partial charge in [-0.05, 0) is 9.30 Å². The van der Waals surface area contributed by atoms with Crippen LogP contribution in [0.5, 0.6) is 0 Å². The normalized spacial score (nSPS) is 13.5. The van der Waals surface area contributed by atoms with Crippen molar-refractivity contribution in [3.05, 3.63) is 34.7 Å². The second-order valence-corrected chi connectivity index (χ2v) is 2.62. The van der Waals surface area contributed by atoms with Crippen molar-refractivity contribution in [3.8, 4) is 0 Å². The van der Waals surface area contributed by atoms with Crippen LogP contribution >= 0.6 is 22.6 Å². The van der Waals surface area contributed by atoms with Crippen molar-refractivity contribution in [2.45, 2.75) is 0 Å². The van der Waals surface area contributed by atoms with E-state index in [1.807, 2.05) is 28.3 Å². The Hall–Kier alpha value is -0.710. The molecule has 0 saturated carbocycles. The van der Waals surface area contributed by atoms with Gasteiger partial charge in [0.2, 0.25) is 0 Å². The van der Waals surface area contributed by atoms with Gasteiger partial charge in [-0.15, -0.1) is 0 Å². The fraction of sp³-hybridized carbons (Fsp3) is 0. The van der Waals surface area contributed by atoms with Crippen molar-refractivity contribution in [3.63, 3.8) is 0 Å². The Labute approximate surface area is 78.3 Å². The molecule has 0 heterocycles. The van der Waals surface area contributed by atoms with Crippen LogP contribution in [-0.4, -0.2) is 0 Å². The Kier molecular flexibility index (Phi) is 3.22. The summed E-state index contributed by atoms with van der Waals surface area (Å²) in [5.74, 6) is 0. The van der Waals surface area contributed by atoms with Crippen LogP contribution in [0, 0.1) is 5.53 Å². The average Bonchev–Trinajstić information content (AvgIpc) is 2.06. The molecule has 0 bridgehead atoms. The Bertz CT molecular complexity index is 357. The third-order valence-electron chi connectivity index (χ3n) is 1.32.